The molecule has 1 N–H and O–H groups in total. The standard InChI is InChI=1S/C11H18N2O3/c1-2-5-12(7-8-14)9-11(16)13-6-3-4-10(13)15/h2,14H,1,3-9H2. The van der Waals surface area contributed by atoms with E-state index < -0.39 is 0 Å². The number of likely N-dealkylation sites (tertiary alicyclic amines) is 1. The van der Waals surface area contributed by atoms with Crippen LogP contribution < -0.4 is 0 Å². The van der Waals surface area contributed by atoms with Crippen molar-refractivity contribution < 1.29 is 14.7 Å². The van der Waals surface area contributed by atoms with E-state index >= 15 is 0 Å². The smallest absolute Gasteiger partial charge is 0.243 e. The van der Waals surface area contributed by atoms with Crippen molar-refractivity contribution in [2.24, 2.45) is 0 Å². The average molecular weight is 226 g/mol. The largest absolute Gasteiger partial charge is 0.395 e. The summed E-state index contributed by atoms with van der Waals surface area (Å²) in [6.45, 7) is 5.23. The van der Waals surface area contributed by atoms with E-state index in [4.69, 9.17) is 5.11 Å². The lowest BCUT2D eigenvalue weighted by atomic mass is 10.4. The third kappa shape index (κ3) is 3.43. The molecule has 1 saturated heterocycles. The van der Waals surface area contributed by atoms with Gasteiger partial charge < -0.3 is 5.11 Å². The van der Waals surface area contributed by atoms with Crippen LogP contribution in [0.3, 0.4) is 0 Å². The molecule has 0 aromatic carbocycles. The van der Waals surface area contributed by atoms with Crippen molar-refractivity contribution in [2.45, 2.75) is 12.8 Å². The Labute approximate surface area is 95.3 Å². The van der Waals surface area contributed by atoms with Gasteiger partial charge in [-0.15, -0.1) is 6.58 Å². The predicted molar refractivity (Wildman–Crippen MR) is 59.7 cm³/mol. The summed E-state index contributed by atoms with van der Waals surface area (Å²) in [5.41, 5.74) is 0. The van der Waals surface area contributed by atoms with Gasteiger partial charge in [0.15, 0.2) is 0 Å². The number of amides is 2. The fraction of sp³-hybridized carbons (Fsp3) is 0.636. The number of hydrogen-bond acceptors (Lipinski definition) is 4. The summed E-state index contributed by atoms with van der Waals surface area (Å²) in [5, 5.41) is 8.83. The lowest BCUT2D eigenvalue weighted by molar-refractivity contribution is -0.142. The molecule has 90 valence electrons. The Hall–Kier alpha value is -1.20. The maximum absolute atomic E-state index is 11.8. The molecule has 0 aromatic heterocycles. The molecule has 0 radical (unpaired) electrons. The molecular formula is C11H18N2O3. The van der Waals surface area contributed by atoms with Gasteiger partial charge in [0.25, 0.3) is 0 Å². The normalized spacial score (nSPS) is 15.9. The van der Waals surface area contributed by atoms with E-state index in [2.05, 4.69) is 6.58 Å². The van der Waals surface area contributed by atoms with Gasteiger partial charge >= 0.3 is 0 Å². The van der Waals surface area contributed by atoms with Crippen LogP contribution in [0.5, 0.6) is 0 Å². The van der Waals surface area contributed by atoms with E-state index in [0.717, 1.165) is 6.42 Å². The quantitative estimate of drug-likeness (QED) is 0.627. The van der Waals surface area contributed by atoms with Gasteiger partial charge in [-0.25, -0.2) is 0 Å². The fourth-order valence-electron chi connectivity index (χ4n) is 1.75. The zero-order chi connectivity index (χ0) is 12.0. The summed E-state index contributed by atoms with van der Waals surface area (Å²) in [7, 11) is 0. The maximum atomic E-state index is 11.8. The molecule has 1 fully saturated rings. The lowest BCUT2D eigenvalue weighted by Crippen LogP contribution is -2.41. The third-order valence-corrected chi connectivity index (χ3v) is 2.54. The van der Waals surface area contributed by atoms with Gasteiger partial charge in [-0.05, 0) is 6.42 Å². The van der Waals surface area contributed by atoms with Gasteiger partial charge in [-0.3, -0.25) is 19.4 Å². The van der Waals surface area contributed by atoms with Crippen LogP contribution in [0.15, 0.2) is 12.7 Å². The number of aliphatic hydroxyl groups excluding tert-OH is 1. The first-order valence-corrected chi connectivity index (χ1v) is 5.46. The molecule has 0 aromatic rings. The van der Waals surface area contributed by atoms with E-state index in [9.17, 15) is 9.59 Å². The SMILES string of the molecule is C=CCN(CCO)CC(=O)N1CCCC1=O. The van der Waals surface area contributed by atoms with Crippen molar-refractivity contribution in [2.75, 3.05) is 32.8 Å². The number of carbonyl (C=O) groups excluding carboxylic acids is 2. The molecule has 2 amide bonds. The van der Waals surface area contributed by atoms with Crippen molar-refractivity contribution in [3.8, 4) is 0 Å². The number of nitrogens with zero attached hydrogens (tertiary/aromatic N) is 2. The van der Waals surface area contributed by atoms with Crippen LogP contribution in [-0.4, -0.2) is 59.5 Å². The summed E-state index contributed by atoms with van der Waals surface area (Å²) in [6.07, 6.45) is 2.90. The predicted octanol–water partition coefficient (Wildman–Crippen LogP) is -0.384. The Balaban J connectivity index is 2.46. The summed E-state index contributed by atoms with van der Waals surface area (Å²) in [4.78, 5) is 26.2. The molecule has 0 unspecified atom stereocenters. The minimum absolute atomic E-state index is 0.00489. The Bertz CT molecular complexity index is 278. The molecule has 1 heterocycles. The molecule has 0 atom stereocenters. The Morgan fingerprint density at radius 1 is 1.62 bits per heavy atom. The number of aliphatic hydroxyl groups is 1. The number of hydrogen-bond donors (Lipinski definition) is 1. The maximum Gasteiger partial charge on any atom is 0.243 e. The van der Waals surface area contributed by atoms with E-state index in [1.54, 1.807) is 11.0 Å². The molecule has 0 bridgehead atoms. The lowest BCUT2D eigenvalue weighted by Gasteiger charge is -2.21. The minimum Gasteiger partial charge on any atom is -0.395 e. The molecule has 1 aliphatic heterocycles. The first-order valence-electron chi connectivity index (χ1n) is 5.46. The van der Waals surface area contributed by atoms with Gasteiger partial charge in [0.2, 0.25) is 11.8 Å². The van der Waals surface area contributed by atoms with Crippen LogP contribution in [0, 0.1) is 0 Å². The Kier molecular flexibility index (Phi) is 5.14. The van der Waals surface area contributed by atoms with E-state index in [1.165, 1.54) is 4.90 Å². The van der Waals surface area contributed by atoms with Crippen molar-refractivity contribution in [3.05, 3.63) is 12.7 Å². The van der Waals surface area contributed by atoms with Crippen LogP contribution in [0.1, 0.15) is 12.8 Å². The van der Waals surface area contributed by atoms with Gasteiger partial charge in [0.1, 0.15) is 0 Å². The first-order chi connectivity index (χ1) is 7.69. The topological polar surface area (TPSA) is 60.9 Å². The van der Waals surface area contributed by atoms with Crippen LogP contribution in [0.4, 0.5) is 0 Å². The third-order valence-electron chi connectivity index (χ3n) is 2.54. The monoisotopic (exact) mass is 226 g/mol. The van der Waals surface area contributed by atoms with Gasteiger partial charge in [-0.1, -0.05) is 6.08 Å². The summed E-state index contributed by atoms with van der Waals surface area (Å²) in [5.74, 6) is -0.273. The number of imide groups is 1. The first kappa shape index (κ1) is 12.9. The highest BCUT2D eigenvalue weighted by Crippen LogP contribution is 2.10. The summed E-state index contributed by atoms with van der Waals surface area (Å²) >= 11 is 0. The van der Waals surface area contributed by atoms with Gasteiger partial charge in [0.05, 0.1) is 13.2 Å². The number of carbonyl (C=O) groups is 2. The van der Waals surface area contributed by atoms with Crippen LogP contribution >= 0.6 is 0 Å². The highest BCUT2D eigenvalue weighted by molar-refractivity contribution is 5.97. The second-order valence-electron chi connectivity index (χ2n) is 3.79. The fourth-order valence-corrected chi connectivity index (χ4v) is 1.75. The van der Waals surface area contributed by atoms with E-state index in [-0.39, 0.29) is 25.0 Å². The summed E-state index contributed by atoms with van der Waals surface area (Å²) < 4.78 is 0. The molecule has 0 spiro atoms. The molecule has 5 heteroatoms. The van der Waals surface area contributed by atoms with Crippen molar-refractivity contribution in [1.82, 2.24) is 9.80 Å². The Morgan fingerprint density at radius 3 is 2.88 bits per heavy atom. The molecule has 1 rings (SSSR count). The van der Waals surface area contributed by atoms with Crippen molar-refractivity contribution in [3.63, 3.8) is 0 Å². The summed E-state index contributed by atoms with van der Waals surface area (Å²) in [6, 6.07) is 0. The van der Waals surface area contributed by atoms with Crippen molar-refractivity contribution >= 4 is 11.8 Å². The number of rotatable bonds is 6. The average Bonchev–Trinajstić information content (AvgIpc) is 2.65. The zero-order valence-electron chi connectivity index (χ0n) is 9.39. The van der Waals surface area contributed by atoms with Crippen LogP contribution in [0.25, 0.3) is 0 Å². The van der Waals surface area contributed by atoms with Gasteiger partial charge in [-0.2, -0.15) is 0 Å². The molecule has 0 saturated carbocycles. The Morgan fingerprint density at radius 2 is 2.38 bits per heavy atom. The second-order valence-corrected chi connectivity index (χ2v) is 3.79. The molecule has 1 aliphatic rings. The van der Waals surface area contributed by atoms with E-state index in [0.29, 0.717) is 26.1 Å². The van der Waals surface area contributed by atoms with Gasteiger partial charge in [0, 0.05) is 26.1 Å². The molecule has 5 nitrogen and oxygen atoms in total. The van der Waals surface area contributed by atoms with E-state index in [1.807, 2.05) is 0 Å². The van der Waals surface area contributed by atoms with Crippen LogP contribution in [-0.2, 0) is 9.59 Å². The highest BCUT2D eigenvalue weighted by atomic mass is 16.3. The molecule has 16 heavy (non-hydrogen) atoms. The van der Waals surface area contributed by atoms with Crippen LogP contribution in [0.2, 0.25) is 0 Å². The van der Waals surface area contributed by atoms with Crippen molar-refractivity contribution in [1.29, 1.82) is 0 Å². The molecule has 0 aliphatic carbocycles. The second kappa shape index (κ2) is 6.40. The highest BCUT2D eigenvalue weighted by Gasteiger charge is 2.26. The zero-order valence-corrected chi connectivity index (χ0v) is 9.39. The minimum atomic E-state index is -0.183. The molecular weight excluding hydrogens is 208 g/mol.